The van der Waals surface area contributed by atoms with Crippen LogP contribution in [0.4, 0.5) is 0 Å². The zero-order valence-corrected chi connectivity index (χ0v) is 15.7. The van der Waals surface area contributed by atoms with E-state index in [1.807, 2.05) is 29.6 Å². The average molecular weight is 366 g/mol. The monoisotopic (exact) mass is 365 g/mol. The molecule has 0 saturated heterocycles. The Morgan fingerprint density at radius 1 is 1.15 bits per heavy atom. The summed E-state index contributed by atoms with van der Waals surface area (Å²) in [6.45, 7) is 2.89. The zero-order valence-electron chi connectivity index (χ0n) is 14.9. The van der Waals surface area contributed by atoms with Crippen LogP contribution in [0.15, 0.2) is 60.1 Å². The first kappa shape index (κ1) is 18.3. The lowest BCUT2D eigenvalue weighted by Gasteiger charge is -2.12. The number of pyridine rings is 1. The van der Waals surface area contributed by atoms with Gasteiger partial charge >= 0.3 is 0 Å². The number of thiazole rings is 1. The van der Waals surface area contributed by atoms with Crippen molar-refractivity contribution in [1.82, 2.24) is 15.3 Å². The van der Waals surface area contributed by atoms with Crippen LogP contribution in [0.5, 0.6) is 0 Å². The normalized spacial score (nSPS) is 11.9. The zero-order chi connectivity index (χ0) is 18.2. The fourth-order valence-electron chi connectivity index (χ4n) is 2.74. The summed E-state index contributed by atoms with van der Waals surface area (Å²) < 4.78 is 0. The SMILES string of the molecule is CC(CCNC(=O)CCc1csc(-c2ccccn2)n1)c1ccccc1. The van der Waals surface area contributed by atoms with E-state index < -0.39 is 0 Å². The van der Waals surface area contributed by atoms with E-state index in [-0.39, 0.29) is 5.91 Å². The molecule has 1 atom stereocenters. The number of benzene rings is 1. The molecule has 2 aromatic heterocycles. The van der Waals surface area contributed by atoms with Crippen LogP contribution in [0.3, 0.4) is 0 Å². The molecule has 0 aliphatic rings. The Kier molecular flexibility index (Phi) is 6.50. The number of hydrogen-bond donors (Lipinski definition) is 1. The van der Waals surface area contributed by atoms with Gasteiger partial charge in [-0.05, 0) is 36.5 Å². The highest BCUT2D eigenvalue weighted by Crippen LogP contribution is 2.22. The van der Waals surface area contributed by atoms with Crippen molar-refractivity contribution in [3.05, 3.63) is 71.4 Å². The van der Waals surface area contributed by atoms with Crippen LogP contribution in [0.25, 0.3) is 10.7 Å². The number of rotatable bonds is 8. The van der Waals surface area contributed by atoms with Crippen molar-refractivity contribution < 1.29 is 4.79 Å². The van der Waals surface area contributed by atoms with Gasteiger partial charge in [-0.15, -0.1) is 11.3 Å². The predicted molar refractivity (Wildman–Crippen MR) is 106 cm³/mol. The Hall–Kier alpha value is -2.53. The highest BCUT2D eigenvalue weighted by atomic mass is 32.1. The Balaban J connectivity index is 1.40. The molecule has 26 heavy (non-hydrogen) atoms. The van der Waals surface area contributed by atoms with E-state index in [9.17, 15) is 4.79 Å². The van der Waals surface area contributed by atoms with E-state index >= 15 is 0 Å². The average Bonchev–Trinajstić information content (AvgIpc) is 3.17. The molecule has 0 aliphatic carbocycles. The predicted octanol–water partition coefficient (Wildman–Crippen LogP) is 4.45. The summed E-state index contributed by atoms with van der Waals surface area (Å²) >= 11 is 1.57. The van der Waals surface area contributed by atoms with Gasteiger partial charge in [0.1, 0.15) is 5.01 Å². The summed E-state index contributed by atoms with van der Waals surface area (Å²) in [5.41, 5.74) is 3.14. The third kappa shape index (κ3) is 5.23. The summed E-state index contributed by atoms with van der Waals surface area (Å²) in [5.74, 6) is 0.522. The molecule has 0 saturated carbocycles. The van der Waals surface area contributed by atoms with Gasteiger partial charge in [-0.2, -0.15) is 0 Å². The summed E-state index contributed by atoms with van der Waals surface area (Å²) in [4.78, 5) is 20.9. The maximum Gasteiger partial charge on any atom is 0.220 e. The van der Waals surface area contributed by atoms with E-state index in [1.54, 1.807) is 17.5 Å². The first-order chi connectivity index (χ1) is 12.7. The fourth-order valence-corrected chi connectivity index (χ4v) is 3.56. The van der Waals surface area contributed by atoms with Crippen LogP contribution in [0.1, 0.15) is 36.9 Å². The van der Waals surface area contributed by atoms with Gasteiger partial charge in [0.25, 0.3) is 0 Å². The van der Waals surface area contributed by atoms with Gasteiger partial charge in [-0.3, -0.25) is 9.78 Å². The van der Waals surface area contributed by atoms with Crippen LogP contribution < -0.4 is 5.32 Å². The highest BCUT2D eigenvalue weighted by molar-refractivity contribution is 7.13. The molecule has 0 bridgehead atoms. The number of nitrogens with one attached hydrogen (secondary N) is 1. The van der Waals surface area contributed by atoms with E-state index in [0.29, 0.717) is 25.3 Å². The molecule has 3 aromatic rings. The van der Waals surface area contributed by atoms with Gasteiger partial charge in [0, 0.05) is 24.5 Å². The Labute approximate surface area is 158 Å². The second kappa shape index (κ2) is 9.25. The van der Waals surface area contributed by atoms with E-state index in [1.165, 1.54) is 5.56 Å². The molecule has 2 heterocycles. The summed E-state index contributed by atoms with van der Waals surface area (Å²) in [6.07, 6.45) is 3.82. The lowest BCUT2D eigenvalue weighted by Crippen LogP contribution is -2.25. The Morgan fingerprint density at radius 2 is 1.96 bits per heavy atom. The van der Waals surface area contributed by atoms with Gasteiger partial charge in [-0.1, -0.05) is 43.3 Å². The molecule has 4 nitrogen and oxygen atoms in total. The summed E-state index contributed by atoms with van der Waals surface area (Å²) in [7, 11) is 0. The Bertz CT molecular complexity index is 818. The first-order valence-corrected chi connectivity index (χ1v) is 9.78. The second-order valence-corrected chi connectivity index (χ2v) is 7.17. The minimum Gasteiger partial charge on any atom is -0.356 e. The van der Waals surface area contributed by atoms with Crippen molar-refractivity contribution in [1.29, 1.82) is 0 Å². The van der Waals surface area contributed by atoms with Gasteiger partial charge < -0.3 is 5.32 Å². The van der Waals surface area contributed by atoms with Gasteiger partial charge in [0.15, 0.2) is 0 Å². The molecule has 0 radical (unpaired) electrons. The van der Waals surface area contributed by atoms with Crippen LogP contribution in [0.2, 0.25) is 0 Å². The van der Waals surface area contributed by atoms with E-state index in [0.717, 1.165) is 22.8 Å². The number of aromatic nitrogens is 2. The molecule has 0 aliphatic heterocycles. The standard InChI is InChI=1S/C21H23N3OS/c1-16(17-7-3-2-4-8-17)12-14-23-20(25)11-10-18-15-26-21(24-18)19-9-5-6-13-22-19/h2-9,13,15-16H,10-12,14H2,1H3,(H,23,25). The quantitative estimate of drug-likeness (QED) is 0.642. The largest absolute Gasteiger partial charge is 0.356 e. The number of aryl methyl sites for hydroxylation is 1. The summed E-state index contributed by atoms with van der Waals surface area (Å²) in [5, 5.41) is 5.93. The maximum absolute atomic E-state index is 12.1. The van der Waals surface area contributed by atoms with Crippen molar-refractivity contribution >= 4 is 17.2 Å². The third-order valence-electron chi connectivity index (χ3n) is 4.31. The molecule has 0 spiro atoms. The lowest BCUT2D eigenvalue weighted by molar-refractivity contribution is -0.121. The minimum atomic E-state index is 0.0812. The number of carbonyl (C=O) groups is 1. The van der Waals surface area contributed by atoms with Crippen molar-refractivity contribution in [2.75, 3.05) is 6.54 Å². The molecule has 0 fully saturated rings. The van der Waals surface area contributed by atoms with Gasteiger partial charge in [0.05, 0.1) is 11.4 Å². The third-order valence-corrected chi connectivity index (χ3v) is 5.23. The Morgan fingerprint density at radius 3 is 2.73 bits per heavy atom. The number of carbonyl (C=O) groups excluding carboxylic acids is 1. The summed E-state index contributed by atoms with van der Waals surface area (Å²) in [6, 6.07) is 16.2. The van der Waals surface area contributed by atoms with Crippen LogP contribution >= 0.6 is 11.3 Å². The topological polar surface area (TPSA) is 54.9 Å². The molecule has 1 N–H and O–H groups in total. The number of hydrogen-bond acceptors (Lipinski definition) is 4. The van der Waals surface area contributed by atoms with Crippen LogP contribution in [0, 0.1) is 0 Å². The van der Waals surface area contributed by atoms with Gasteiger partial charge in [0.2, 0.25) is 5.91 Å². The van der Waals surface area contributed by atoms with Gasteiger partial charge in [-0.25, -0.2) is 4.98 Å². The molecule has 3 rings (SSSR count). The second-order valence-electron chi connectivity index (χ2n) is 6.31. The van der Waals surface area contributed by atoms with Crippen molar-refractivity contribution in [3.63, 3.8) is 0 Å². The highest BCUT2D eigenvalue weighted by Gasteiger charge is 2.09. The fraction of sp³-hybridized carbons (Fsp3) is 0.286. The molecular formula is C21H23N3OS. The maximum atomic E-state index is 12.1. The number of amides is 1. The molecular weight excluding hydrogens is 342 g/mol. The number of nitrogens with zero attached hydrogens (tertiary/aromatic N) is 2. The van der Waals surface area contributed by atoms with Crippen molar-refractivity contribution in [2.24, 2.45) is 0 Å². The van der Waals surface area contributed by atoms with Crippen molar-refractivity contribution in [2.45, 2.75) is 32.1 Å². The molecule has 134 valence electrons. The van der Waals surface area contributed by atoms with Crippen LogP contribution in [-0.4, -0.2) is 22.4 Å². The molecule has 1 aromatic carbocycles. The smallest absolute Gasteiger partial charge is 0.220 e. The minimum absolute atomic E-state index is 0.0812. The van der Waals surface area contributed by atoms with E-state index in [2.05, 4.69) is 46.5 Å². The molecule has 5 heteroatoms. The molecule has 1 amide bonds. The first-order valence-electron chi connectivity index (χ1n) is 8.90. The molecule has 1 unspecified atom stereocenters. The van der Waals surface area contributed by atoms with Crippen molar-refractivity contribution in [3.8, 4) is 10.7 Å². The van der Waals surface area contributed by atoms with E-state index in [4.69, 9.17) is 0 Å². The lowest BCUT2D eigenvalue weighted by atomic mass is 9.98. The van der Waals surface area contributed by atoms with Crippen LogP contribution in [-0.2, 0) is 11.2 Å².